The second-order valence-corrected chi connectivity index (χ2v) is 5.99. The number of aromatic nitrogens is 3. The van der Waals surface area contributed by atoms with Crippen LogP contribution >= 0.6 is 23.2 Å². The van der Waals surface area contributed by atoms with Crippen molar-refractivity contribution in [2.45, 2.75) is 20.0 Å². The molecule has 0 radical (unpaired) electrons. The van der Waals surface area contributed by atoms with Crippen molar-refractivity contribution in [3.05, 3.63) is 58.1 Å². The van der Waals surface area contributed by atoms with Gasteiger partial charge in [-0.2, -0.15) is 0 Å². The minimum Gasteiger partial charge on any atom is -0.353 e. The summed E-state index contributed by atoms with van der Waals surface area (Å²) in [5.74, 6) is 2.32. The number of hydrogen-bond acceptors (Lipinski definition) is 3. The minimum absolute atomic E-state index is 0.431. The van der Waals surface area contributed by atoms with Gasteiger partial charge < -0.3 is 15.2 Å². The van der Waals surface area contributed by atoms with E-state index in [0.29, 0.717) is 35.6 Å². The van der Waals surface area contributed by atoms with Crippen LogP contribution in [0.3, 0.4) is 0 Å². The summed E-state index contributed by atoms with van der Waals surface area (Å²) in [6, 6.07) is 5.37. The van der Waals surface area contributed by atoms with E-state index < -0.39 is 0 Å². The molecular formula is C16H20Cl2N6. The summed E-state index contributed by atoms with van der Waals surface area (Å²) >= 11 is 12.1. The van der Waals surface area contributed by atoms with E-state index in [-0.39, 0.29) is 0 Å². The van der Waals surface area contributed by atoms with E-state index in [2.05, 4.69) is 32.4 Å². The third-order valence-corrected chi connectivity index (χ3v) is 4.02. The third-order valence-electron chi connectivity index (χ3n) is 3.43. The zero-order valence-corrected chi connectivity index (χ0v) is 15.2. The first-order chi connectivity index (χ1) is 11.5. The molecule has 0 unspecified atom stereocenters. The summed E-state index contributed by atoms with van der Waals surface area (Å²) < 4.78 is 1.92. The number of aliphatic imine (C=N–C) groups is 1. The highest BCUT2D eigenvalue weighted by molar-refractivity contribution is 6.35. The number of aryl methyl sites for hydroxylation is 1. The Morgan fingerprint density at radius 2 is 2.12 bits per heavy atom. The zero-order chi connectivity index (χ0) is 17.5. The smallest absolute Gasteiger partial charge is 0.192 e. The van der Waals surface area contributed by atoms with Crippen LogP contribution in [0.5, 0.6) is 0 Å². The van der Waals surface area contributed by atoms with E-state index >= 15 is 0 Å². The maximum Gasteiger partial charge on any atom is 0.192 e. The second kappa shape index (κ2) is 8.70. The summed E-state index contributed by atoms with van der Waals surface area (Å²) in [6.45, 7) is 7.14. The number of nitrogens with one attached hydrogen (secondary N) is 2. The molecule has 0 spiro atoms. The number of nitrogens with zero attached hydrogens (tertiary/aromatic N) is 4. The lowest BCUT2D eigenvalue weighted by Crippen LogP contribution is -2.37. The number of benzene rings is 1. The van der Waals surface area contributed by atoms with E-state index in [1.54, 1.807) is 18.2 Å². The number of halogens is 2. The highest BCUT2D eigenvalue weighted by atomic mass is 35.5. The van der Waals surface area contributed by atoms with Crippen LogP contribution in [0.4, 0.5) is 0 Å². The van der Waals surface area contributed by atoms with E-state index in [1.165, 1.54) is 0 Å². The van der Waals surface area contributed by atoms with E-state index in [9.17, 15) is 0 Å². The summed E-state index contributed by atoms with van der Waals surface area (Å²) in [5, 5.41) is 15.7. The highest BCUT2D eigenvalue weighted by Gasteiger charge is 2.06. The molecule has 1 aromatic heterocycles. The molecule has 8 heteroatoms. The zero-order valence-electron chi connectivity index (χ0n) is 13.7. The van der Waals surface area contributed by atoms with Gasteiger partial charge in [0.1, 0.15) is 5.82 Å². The molecule has 6 nitrogen and oxygen atoms in total. The van der Waals surface area contributed by atoms with Gasteiger partial charge >= 0.3 is 0 Å². The van der Waals surface area contributed by atoms with Gasteiger partial charge in [0.15, 0.2) is 11.8 Å². The second-order valence-electron chi connectivity index (χ2n) is 5.15. The fourth-order valence-electron chi connectivity index (χ4n) is 1.93. The topological polar surface area (TPSA) is 67.1 Å². The summed E-state index contributed by atoms with van der Waals surface area (Å²) in [4.78, 5) is 4.54. The molecule has 0 bridgehead atoms. The van der Waals surface area contributed by atoms with Gasteiger partial charge in [0.2, 0.25) is 0 Å². The normalized spacial score (nSPS) is 11.4. The molecule has 0 aliphatic heterocycles. The number of guanidine groups is 1. The Morgan fingerprint density at radius 3 is 2.75 bits per heavy atom. The standard InChI is InChI=1S/C16H20Cl2N6/c1-4-7-19-16(21-10-15-23-22-11(2)24(15)3)20-9-12-5-6-13(17)8-14(12)18/h4-6,8H,1,7,9-10H2,2-3H3,(H2,19,20,21). The van der Waals surface area contributed by atoms with Crippen LogP contribution in [0.2, 0.25) is 10.0 Å². The van der Waals surface area contributed by atoms with Crippen molar-refractivity contribution in [1.29, 1.82) is 0 Å². The molecule has 2 N–H and O–H groups in total. The van der Waals surface area contributed by atoms with Crippen LogP contribution in [-0.4, -0.2) is 27.3 Å². The van der Waals surface area contributed by atoms with Crippen LogP contribution in [0, 0.1) is 6.92 Å². The Balaban J connectivity index is 2.06. The maximum absolute atomic E-state index is 6.18. The molecule has 128 valence electrons. The van der Waals surface area contributed by atoms with Gasteiger partial charge in [-0.1, -0.05) is 35.3 Å². The van der Waals surface area contributed by atoms with Crippen molar-refractivity contribution in [3.63, 3.8) is 0 Å². The lowest BCUT2D eigenvalue weighted by molar-refractivity contribution is 0.721. The first kappa shape index (κ1) is 18.3. The van der Waals surface area contributed by atoms with Crippen molar-refractivity contribution >= 4 is 29.2 Å². The molecule has 0 amide bonds. The van der Waals surface area contributed by atoms with Crippen LogP contribution in [0.1, 0.15) is 17.2 Å². The number of rotatable bonds is 6. The summed E-state index contributed by atoms with van der Waals surface area (Å²) in [7, 11) is 1.92. The SMILES string of the molecule is C=CCNC(=NCc1ccc(Cl)cc1Cl)NCc1nnc(C)n1C. The Labute approximate surface area is 151 Å². The third kappa shape index (κ3) is 4.97. The first-order valence-electron chi connectivity index (χ1n) is 7.43. The molecule has 0 fully saturated rings. The Bertz CT molecular complexity index is 738. The van der Waals surface area contributed by atoms with Crippen molar-refractivity contribution in [1.82, 2.24) is 25.4 Å². The quantitative estimate of drug-likeness (QED) is 0.468. The van der Waals surface area contributed by atoms with E-state index in [0.717, 1.165) is 17.2 Å². The van der Waals surface area contributed by atoms with Gasteiger partial charge in [0, 0.05) is 23.6 Å². The molecule has 0 aliphatic carbocycles. The van der Waals surface area contributed by atoms with Crippen LogP contribution in [0.15, 0.2) is 35.8 Å². The monoisotopic (exact) mass is 366 g/mol. The molecular weight excluding hydrogens is 347 g/mol. The first-order valence-corrected chi connectivity index (χ1v) is 8.18. The molecule has 0 atom stereocenters. The molecule has 1 aromatic carbocycles. The van der Waals surface area contributed by atoms with Gasteiger partial charge in [0.25, 0.3) is 0 Å². The fourth-order valence-corrected chi connectivity index (χ4v) is 2.39. The molecule has 0 saturated heterocycles. The van der Waals surface area contributed by atoms with Crippen LogP contribution in [0.25, 0.3) is 0 Å². The molecule has 0 aliphatic rings. The van der Waals surface area contributed by atoms with E-state index in [1.807, 2.05) is 24.6 Å². The minimum atomic E-state index is 0.431. The van der Waals surface area contributed by atoms with Gasteiger partial charge in [0.05, 0.1) is 13.1 Å². The van der Waals surface area contributed by atoms with Crippen molar-refractivity contribution in [2.24, 2.45) is 12.0 Å². The largest absolute Gasteiger partial charge is 0.353 e. The average molecular weight is 367 g/mol. The molecule has 0 saturated carbocycles. The van der Waals surface area contributed by atoms with E-state index in [4.69, 9.17) is 23.2 Å². The molecule has 24 heavy (non-hydrogen) atoms. The number of hydrogen-bond donors (Lipinski definition) is 2. The molecule has 1 heterocycles. The average Bonchev–Trinajstić information content (AvgIpc) is 2.87. The van der Waals surface area contributed by atoms with Gasteiger partial charge in [-0.3, -0.25) is 0 Å². The maximum atomic E-state index is 6.18. The summed E-state index contributed by atoms with van der Waals surface area (Å²) in [5.41, 5.74) is 0.898. The van der Waals surface area contributed by atoms with Crippen LogP contribution in [-0.2, 0) is 20.1 Å². The molecule has 2 rings (SSSR count). The predicted molar refractivity (Wildman–Crippen MR) is 98.4 cm³/mol. The van der Waals surface area contributed by atoms with Crippen molar-refractivity contribution in [2.75, 3.05) is 6.54 Å². The Hall–Kier alpha value is -2.05. The lowest BCUT2D eigenvalue weighted by atomic mass is 10.2. The Morgan fingerprint density at radius 1 is 1.33 bits per heavy atom. The van der Waals surface area contributed by atoms with Gasteiger partial charge in [-0.15, -0.1) is 16.8 Å². The summed E-state index contributed by atoms with van der Waals surface area (Å²) in [6.07, 6.45) is 1.76. The predicted octanol–water partition coefficient (Wildman–Crippen LogP) is 2.85. The van der Waals surface area contributed by atoms with Gasteiger partial charge in [-0.05, 0) is 24.6 Å². The van der Waals surface area contributed by atoms with Crippen molar-refractivity contribution in [3.8, 4) is 0 Å². The Kier molecular flexibility index (Phi) is 6.63. The highest BCUT2D eigenvalue weighted by Crippen LogP contribution is 2.21. The van der Waals surface area contributed by atoms with Crippen molar-refractivity contribution < 1.29 is 0 Å². The van der Waals surface area contributed by atoms with Gasteiger partial charge in [-0.25, -0.2) is 4.99 Å². The fraction of sp³-hybridized carbons (Fsp3) is 0.312. The molecule has 2 aromatic rings. The lowest BCUT2D eigenvalue weighted by Gasteiger charge is -2.11. The van der Waals surface area contributed by atoms with Crippen LogP contribution < -0.4 is 10.6 Å².